The summed E-state index contributed by atoms with van der Waals surface area (Å²) >= 11 is 0. The normalized spacial score (nSPS) is 18.4. The molecule has 0 atom stereocenters. The Hall–Kier alpha value is -2.50. The van der Waals surface area contributed by atoms with Crippen LogP contribution < -0.4 is 16.4 Å². The van der Waals surface area contributed by atoms with Gasteiger partial charge in [-0.2, -0.15) is 0 Å². The Balaban J connectivity index is 1.72. The quantitative estimate of drug-likeness (QED) is 0.769. The molecule has 1 saturated carbocycles. The molecule has 0 spiro atoms. The minimum Gasteiger partial charge on any atom is -0.393 e. The number of hydrogen-bond donors (Lipinski definition) is 3. The molecular weight excluding hydrogens is 304 g/mol. The maximum atomic E-state index is 12.5. The first-order valence-corrected chi connectivity index (χ1v) is 8.55. The van der Waals surface area contributed by atoms with Crippen molar-refractivity contribution in [2.45, 2.75) is 38.6 Å². The van der Waals surface area contributed by atoms with Gasteiger partial charge in [-0.1, -0.05) is 0 Å². The highest BCUT2D eigenvalue weighted by atomic mass is 16.2. The van der Waals surface area contributed by atoms with E-state index in [1.54, 1.807) is 12.1 Å². The van der Waals surface area contributed by atoms with Gasteiger partial charge in [0, 0.05) is 36.1 Å². The smallest absolute Gasteiger partial charge is 0.271 e. The molecule has 2 aliphatic rings. The molecule has 4 N–H and O–H groups in total. The Morgan fingerprint density at radius 2 is 2.00 bits per heavy atom. The molecule has 1 aromatic rings. The van der Waals surface area contributed by atoms with Gasteiger partial charge in [-0.3, -0.25) is 9.59 Å². The van der Waals surface area contributed by atoms with Crippen molar-refractivity contribution in [3.8, 4) is 0 Å². The van der Waals surface area contributed by atoms with Crippen LogP contribution in [0.5, 0.6) is 0 Å². The number of hydrogen-bond acceptors (Lipinski definition) is 4. The predicted molar refractivity (Wildman–Crippen MR) is 93.3 cm³/mol. The lowest BCUT2D eigenvalue weighted by Crippen LogP contribution is -2.36. The van der Waals surface area contributed by atoms with E-state index in [9.17, 15) is 9.59 Å². The van der Waals surface area contributed by atoms with Gasteiger partial charge in [-0.25, -0.2) is 0 Å². The number of benzene rings is 1. The second-order valence-corrected chi connectivity index (χ2v) is 6.29. The van der Waals surface area contributed by atoms with E-state index < -0.39 is 0 Å². The van der Waals surface area contributed by atoms with E-state index in [0.29, 0.717) is 23.8 Å². The highest BCUT2D eigenvalue weighted by molar-refractivity contribution is 5.95. The molecule has 0 radical (unpaired) electrons. The first-order chi connectivity index (χ1) is 11.6. The molecule has 3 rings (SSSR count). The van der Waals surface area contributed by atoms with E-state index in [4.69, 9.17) is 5.73 Å². The second-order valence-electron chi connectivity index (χ2n) is 6.29. The summed E-state index contributed by atoms with van der Waals surface area (Å²) in [6.07, 6.45) is 3.83. The summed E-state index contributed by atoms with van der Waals surface area (Å²) in [5, 5.41) is 6.02. The van der Waals surface area contributed by atoms with Crippen LogP contribution in [0.25, 0.3) is 0 Å². The van der Waals surface area contributed by atoms with Gasteiger partial charge < -0.3 is 21.3 Å². The zero-order valence-corrected chi connectivity index (χ0v) is 14.0. The Labute approximate surface area is 142 Å². The standard InChI is InChI=1S/C18H24N4O2/c1-2-20-17(23)12-5-7-13(8-6-12)21-15-4-3-11-22(14-9-10-14)18(24)16(15)19/h5-8,14,21H,2-4,9-11,19H2,1H3,(H,20,23). The minimum absolute atomic E-state index is 0.0588. The Bertz CT molecular complexity index is 662. The fourth-order valence-electron chi connectivity index (χ4n) is 2.95. The average molecular weight is 328 g/mol. The van der Waals surface area contributed by atoms with Crippen LogP contribution in [-0.4, -0.2) is 35.8 Å². The third-order valence-corrected chi connectivity index (χ3v) is 4.41. The number of nitrogens with two attached hydrogens (primary N) is 1. The lowest BCUT2D eigenvalue weighted by molar-refractivity contribution is -0.127. The lowest BCUT2D eigenvalue weighted by atomic mass is 10.1. The zero-order chi connectivity index (χ0) is 17.1. The van der Waals surface area contributed by atoms with Gasteiger partial charge in [0.15, 0.2) is 0 Å². The number of amides is 2. The zero-order valence-electron chi connectivity index (χ0n) is 14.0. The molecule has 0 unspecified atom stereocenters. The SMILES string of the molecule is CCNC(=O)c1ccc(NC2=C(N)C(=O)N(C3CC3)CCC2)cc1. The number of anilines is 1. The van der Waals surface area contributed by atoms with Crippen molar-refractivity contribution in [1.29, 1.82) is 0 Å². The molecule has 128 valence electrons. The number of rotatable bonds is 5. The van der Waals surface area contributed by atoms with Gasteiger partial charge in [0.25, 0.3) is 11.8 Å². The van der Waals surface area contributed by atoms with Crippen molar-refractivity contribution in [2.24, 2.45) is 5.73 Å². The van der Waals surface area contributed by atoms with E-state index in [-0.39, 0.29) is 11.8 Å². The highest BCUT2D eigenvalue weighted by Crippen LogP contribution is 2.30. The summed E-state index contributed by atoms with van der Waals surface area (Å²) < 4.78 is 0. The van der Waals surface area contributed by atoms with Crippen molar-refractivity contribution >= 4 is 17.5 Å². The number of carbonyl (C=O) groups is 2. The molecule has 24 heavy (non-hydrogen) atoms. The van der Waals surface area contributed by atoms with Gasteiger partial charge in [-0.05, 0) is 56.9 Å². The van der Waals surface area contributed by atoms with Gasteiger partial charge in [0.05, 0.1) is 0 Å². The van der Waals surface area contributed by atoms with Gasteiger partial charge in [0.2, 0.25) is 0 Å². The van der Waals surface area contributed by atoms with E-state index >= 15 is 0 Å². The predicted octanol–water partition coefficient (Wildman–Crippen LogP) is 1.80. The Kier molecular flexibility index (Phi) is 4.74. The molecule has 0 saturated heterocycles. The third kappa shape index (κ3) is 3.53. The molecule has 0 bridgehead atoms. The summed E-state index contributed by atoms with van der Waals surface area (Å²) in [6.45, 7) is 3.25. The van der Waals surface area contributed by atoms with Crippen LogP contribution >= 0.6 is 0 Å². The molecule has 0 aromatic heterocycles. The Morgan fingerprint density at radius 1 is 1.29 bits per heavy atom. The van der Waals surface area contributed by atoms with Crippen molar-refractivity contribution in [3.05, 3.63) is 41.2 Å². The third-order valence-electron chi connectivity index (χ3n) is 4.41. The summed E-state index contributed by atoms with van der Waals surface area (Å²) in [5.41, 5.74) is 8.63. The summed E-state index contributed by atoms with van der Waals surface area (Å²) in [6, 6.07) is 7.57. The lowest BCUT2D eigenvalue weighted by Gasteiger charge is -2.20. The number of carbonyl (C=O) groups excluding carboxylic acids is 2. The first-order valence-electron chi connectivity index (χ1n) is 8.55. The van der Waals surface area contributed by atoms with E-state index in [2.05, 4.69) is 10.6 Å². The maximum Gasteiger partial charge on any atom is 0.271 e. The molecule has 6 heteroatoms. The minimum atomic E-state index is -0.0903. The van der Waals surface area contributed by atoms with Crippen LogP contribution in [0.2, 0.25) is 0 Å². The van der Waals surface area contributed by atoms with Crippen molar-refractivity contribution in [1.82, 2.24) is 10.2 Å². The van der Waals surface area contributed by atoms with Gasteiger partial charge in [-0.15, -0.1) is 0 Å². The van der Waals surface area contributed by atoms with Crippen molar-refractivity contribution in [2.75, 3.05) is 18.4 Å². The van der Waals surface area contributed by atoms with Crippen LogP contribution in [0.1, 0.15) is 43.0 Å². The summed E-state index contributed by atoms with van der Waals surface area (Å²) in [5.74, 6) is -0.149. The topological polar surface area (TPSA) is 87.5 Å². The highest BCUT2D eigenvalue weighted by Gasteiger charge is 2.35. The monoisotopic (exact) mass is 328 g/mol. The molecule has 1 aromatic carbocycles. The van der Waals surface area contributed by atoms with E-state index in [1.807, 2.05) is 24.0 Å². The number of nitrogens with one attached hydrogen (secondary N) is 2. The second kappa shape index (κ2) is 6.95. The largest absolute Gasteiger partial charge is 0.393 e. The fourth-order valence-corrected chi connectivity index (χ4v) is 2.95. The molecule has 6 nitrogen and oxygen atoms in total. The molecule has 2 amide bonds. The van der Waals surface area contributed by atoms with Gasteiger partial charge in [0.1, 0.15) is 5.70 Å². The van der Waals surface area contributed by atoms with Crippen LogP contribution in [0.4, 0.5) is 5.69 Å². The summed E-state index contributed by atoms with van der Waals surface area (Å²) in [4.78, 5) is 26.2. The van der Waals surface area contributed by atoms with Crippen LogP contribution in [0, 0.1) is 0 Å². The van der Waals surface area contributed by atoms with E-state index in [1.165, 1.54) is 0 Å². The molecule has 1 aliphatic heterocycles. The number of nitrogens with zero attached hydrogens (tertiary/aromatic N) is 1. The summed E-state index contributed by atoms with van der Waals surface area (Å²) in [7, 11) is 0. The average Bonchev–Trinajstić information content (AvgIpc) is 3.42. The number of allylic oxidation sites excluding steroid dienone is 1. The molecular formula is C18H24N4O2. The maximum absolute atomic E-state index is 12.5. The fraction of sp³-hybridized carbons (Fsp3) is 0.444. The molecule has 1 fully saturated rings. The van der Waals surface area contributed by atoms with Crippen LogP contribution in [0.3, 0.4) is 0 Å². The van der Waals surface area contributed by atoms with Gasteiger partial charge >= 0.3 is 0 Å². The molecule has 1 heterocycles. The Morgan fingerprint density at radius 3 is 2.62 bits per heavy atom. The molecule has 1 aliphatic carbocycles. The van der Waals surface area contributed by atoms with Crippen LogP contribution in [-0.2, 0) is 4.79 Å². The first kappa shape index (κ1) is 16.4. The van der Waals surface area contributed by atoms with Crippen molar-refractivity contribution in [3.63, 3.8) is 0 Å². The van der Waals surface area contributed by atoms with E-state index in [0.717, 1.165) is 43.6 Å². The van der Waals surface area contributed by atoms with Crippen LogP contribution in [0.15, 0.2) is 35.7 Å². The van der Waals surface area contributed by atoms with Crippen molar-refractivity contribution < 1.29 is 9.59 Å².